The average Bonchev–Trinajstić information content (AvgIpc) is 2.89. The summed E-state index contributed by atoms with van der Waals surface area (Å²) in [5.41, 5.74) is 2.47. The molecule has 2 rings (SSSR count). The number of anilines is 1. The quantitative estimate of drug-likeness (QED) is 0.399. The van der Waals surface area contributed by atoms with Crippen molar-refractivity contribution in [2.75, 3.05) is 52.4 Å². The zero-order valence-corrected chi connectivity index (χ0v) is 22.2. The Morgan fingerprint density at radius 2 is 1.54 bits per heavy atom. The number of hydrogen-bond donors (Lipinski definition) is 2. The molecule has 0 aromatic heterocycles. The van der Waals surface area contributed by atoms with Crippen LogP contribution in [0.25, 0.3) is 0 Å². The first kappa shape index (κ1) is 31.0. The van der Waals surface area contributed by atoms with Crippen LogP contribution in [0.15, 0.2) is 48.6 Å². The highest BCUT2D eigenvalue weighted by atomic mass is 16.5. The zero-order valence-electron chi connectivity index (χ0n) is 22.2. The van der Waals surface area contributed by atoms with Gasteiger partial charge in [0, 0.05) is 17.3 Å². The number of quaternary nitrogens is 1. The van der Waals surface area contributed by atoms with E-state index in [-0.39, 0.29) is 5.91 Å². The lowest BCUT2D eigenvalue weighted by atomic mass is 10.1. The smallest absolute Gasteiger partial charge is 0.328 e. The molecule has 0 unspecified atom stereocenters. The lowest BCUT2D eigenvalue weighted by molar-refractivity contribution is -0.894. The van der Waals surface area contributed by atoms with E-state index in [1.165, 1.54) is 4.90 Å². The number of carboxylic acid groups (broad SMARTS) is 2. The van der Waals surface area contributed by atoms with Crippen LogP contribution in [0.4, 0.5) is 5.69 Å². The first-order valence-corrected chi connectivity index (χ1v) is 11.8. The van der Waals surface area contributed by atoms with E-state index in [0.717, 1.165) is 30.9 Å². The summed E-state index contributed by atoms with van der Waals surface area (Å²) in [6.07, 6.45) is 0.942. The van der Waals surface area contributed by atoms with Crippen LogP contribution in [0.1, 0.15) is 29.8 Å². The van der Waals surface area contributed by atoms with E-state index in [0.29, 0.717) is 41.5 Å². The van der Waals surface area contributed by atoms with Crippen LogP contribution in [0.3, 0.4) is 0 Å². The molecule has 0 heterocycles. The van der Waals surface area contributed by atoms with Gasteiger partial charge in [-0.2, -0.15) is 0 Å². The molecule has 0 saturated heterocycles. The summed E-state index contributed by atoms with van der Waals surface area (Å²) in [5.74, 6) is -1.49. The number of aliphatic carboxylic acids is 2. The summed E-state index contributed by atoms with van der Waals surface area (Å²) in [4.78, 5) is 35.8. The highest BCUT2D eigenvalue weighted by molar-refractivity contribution is 6.07. The van der Waals surface area contributed by atoms with E-state index < -0.39 is 11.9 Å². The number of nitrogens with one attached hydrogen (secondary N) is 1. The number of rotatable bonds is 12. The van der Waals surface area contributed by atoms with E-state index in [1.54, 1.807) is 33.5 Å². The van der Waals surface area contributed by atoms with Crippen LogP contribution < -0.4 is 29.1 Å². The molecule has 0 fully saturated rings. The molecule has 0 aliphatic carbocycles. The van der Waals surface area contributed by atoms with Gasteiger partial charge in [0.25, 0.3) is 5.91 Å². The SMILES string of the molecule is CC[NH+](CC)CCN(C(=O)c1cc(OC)c(OC)c(OC)c1)c1ccccc1C.O=C([O-])/C=C\C(=O)O. The number of aryl methyl sites for hydroxylation is 1. The molecular weight excluding hydrogens is 480 g/mol. The number of benzene rings is 2. The lowest BCUT2D eigenvalue weighted by Crippen LogP contribution is -3.12. The lowest BCUT2D eigenvalue weighted by Gasteiger charge is -2.27. The second-order valence-electron chi connectivity index (χ2n) is 7.86. The number of ether oxygens (including phenoxy) is 3. The van der Waals surface area contributed by atoms with E-state index in [2.05, 4.69) is 13.8 Å². The van der Waals surface area contributed by atoms with Crippen molar-refractivity contribution in [1.29, 1.82) is 0 Å². The number of methoxy groups -OCH3 is 3. The molecule has 37 heavy (non-hydrogen) atoms. The number of para-hydroxylation sites is 1. The molecule has 1 amide bonds. The van der Waals surface area contributed by atoms with Crippen LogP contribution in [0.5, 0.6) is 17.2 Å². The van der Waals surface area contributed by atoms with Crippen molar-refractivity contribution in [2.24, 2.45) is 0 Å². The maximum absolute atomic E-state index is 13.6. The molecule has 2 aromatic carbocycles. The highest BCUT2D eigenvalue weighted by Gasteiger charge is 2.24. The fourth-order valence-corrected chi connectivity index (χ4v) is 3.57. The van der Waals surface area contributed by atoms with Gasteiger partial charge in [0.1, 0.15) is 0 Å². The predicted octanol–water partition coefficient (Wildman–Crippen LogP) is 0.969. The van der Waals surface area contributed by atoms with E-state index in [4.69, 9.17) is 19.3 Å². The Morgan fingerprint density at radius 1 is 0.973 bits per heavy atom. The third-order valence-corrected chi connectivity index (χ3v) is 5.61. The van der Waals surface area contributed by atoms with Gasteiger partial charge in [0.2, 0.25) is 5.75 Å². The topological polar surface area (TPSA) is 130 Å². The largest absolute Gasteiger partial charge is 0.545 e. The maximum Gasteiger partial charge on any atom is 0.328 e. The Balaban J connectivity index is 0.000000738. The normalized spacial score (nSPS) is 10.5. The van der Waals surface area contributed by atoms with Crippen LogP contribution in [-0.2, 0) is 9.59 Å². The minimum absolute atomic E-state index is 0.0925. The van der Waals surface area contributed by atoms with E-state index in [1.807, 2.05) is 36.1 Å². The van der Waals surface area contributed by atoms with Crippen molar-refractivity contribution >= 4 is 23.5 Å². The summed E-state index contributed by atoms with van der Waals surface area (Å²) in [6, 6.07) is 11.4. The fourth-order valence-electron chi connectivity index (χ4n) is 3.57. The third-order valence-electron chi connectivity index (χ3n) is 5.61. The van der Waals surface area contributed by atoms with Crippen LogP contribution in [0.2, 0.25) is 0 Å². The van der Waals surface area contributed by atoms with Crippen LogP contribution >= 0.6 is 0 Å². The van der Waals surface area contributed by atoms with Crippen molar-refractivity contribution in [3.63, 3.8) is 0 Å². The van der Waals surface area contributed by atoms with Crippen molar-refractivity contribution in [3.05, 3.63) is 59.7 Å². The number of hydrogen-bond acceptors (Lipinski definition) is 7. The molecule has 202 valence electrons. The summed E-state index contributed by atoms with van der Waals surface area (Å²) in [7, 11) is 4.65. The van der Waals surface area contributed by atoms with Crippen molar-refractivity contribution < 1.29 is 43.7 Å². The average molecular weight is 517 g/mol. The molecule has 2 aromatic rings. The van der Waals surface area contributed by atoms with Gasteiger partial charge in [-0.1, -0.05) is 18.2 Å². The van der Waals surface area contributed by atoms with Gasteiger partial charge in [-0.15, -0.1) is 0 Å². The molecule has 0 aliphatic heterocycles. The number of amides is 1. The zero-order chi connectivity index (χ0) is 28.0. The standard InChI is InChI=1S/C23H32N2O4.C4H4O4/c1-7-24(8-2)13-14-25(19-12-10-9-11-17(19)3)23(26)18-15-20(27-4)22(29-6)21(16-18)28-5;5-3(6)1-2-4(7)8/h9-12,15-16H,7-8,13-14H2,1-6H3;1-2H,(H,5,6)(H,7,8)/b;2-1-. The molecule has 0 spiro atoms. The van der Waals surface area contributed by atoms with Gasteiger partial charge in [-0.3, -0.25) is 4.79 Å². The van der Waals surface area contributed by atoms with E-state index >= 15 is 0 Å². The molecule has 0 aliphatic rings. The summed E-state index contributed by atoms with van der Waals surface area (Å²) in [6.45, 7) is 9.90. The highest BCUT2D eigenvalue weighted by Crippen LogP contribution is 2.38. The molecule has 10 nitrogen and oxygen atoms in total. The van der Waals surface area contributed by atoms with E-state index in [9.17, 15) is 19.5 Å². The third kappa shape index (κ3) is 9.49. The number of carbonyl (C=O) groups is 3. The Bertz CT molecular complexity index is 1040. The molecule has 10 heteroatoms. The minimum Gasteiger partial charge on any atom is -0.545 e. The van der Waals surface area contributed by atoms with Crippen molar-refractivity contribution in [1.82, 2.24) is 0 Å². The molecule has 0 bridgehead atoms. The molecule has 0 radical (unpaired) electrons. The van der Waals surface area contributed by atoms with Crippen molar-refractivity contribution in [3.8, 4) is 17.2 Å². The van der Waals surface area contributed by atoms with Gasteiger partial charge in [-0.05, 0) is 50.6 Å². The summed E-state index contributed by atoms with van der Waals surface area (Å²) < 4.78 is 16.3. The van der Waals surface area contributed by atoms with Gasteiger partial charge < -0.3 is 39.0 Å². The van der Waals surface area contributed by atoms with Crippen LogP contribution in [0, 0.1) is 6.92 Å². The summed E-state index contributed by atoms with van der Waals surface area (Å²) >= 11 is 0. The molecule has 2 N–H and O–H groups in total. The Hall–Kier alpha value is -4.05. The number of carboxylic acids is 2. The fraction of sp³-hybridized carbons (Fsp3) is 0.370. The second kappa shape index (κ2) is 15.8. The number of likely N-dealkylation sites (N-methyl/N-ethyl adjacent to an activating group) is 1. The van der Waals surface area contributed by atoms with Crippen LogP contribution in [-0.4, -0.2) is 70.5 Å². The van der Waals surface area contributed by atoms with Gasteiger partial charge in [0.05, 0.1) is 53.5 Å². The first-order chi connectivity index (χ1) is 17.6. The Labute approximate surface area is 217 Å². The molecule has 0 atom stereocenters. The second-order valence-corrected chi connectivity index (χ2v) is 7.86. The molecule has 0 saturated carbocycles. The van der Waals surface area contributed by atoms with Gasteiger partial charge in [0.15, 0.2) is 11.5 Å². The van der Waals surface area contributed by atoms with Gasteiger partial charge in [-0.25, -0.2) is 4.79 Å². The Kier molecular flexibility index (Phi) is 13.3. The number of carbonyl (C=O) groups excluding carboxylic acids is 2. The minimum atomic E-state index is -1.51. The first-order valence-electron chi connectivity index (χ1n) is 11.8. The van der Waals surface area contributed by atoms with Crippen molar-refractivity contribution in [2.45, 2.75) is 20.8 Å². The maximum atomic E-state index is 13.6. The monoisotopic (exact) mass is 516 g/mol. The predicted molar refractivity (Wildman–Crippen MR) is 138 cm³/mol. The van der Waals surface area contributed by atoms with Gasteiger partial charge >= 0.3 is 5.97 Å². The Morgan fingerprint density at radius 3 is 1.95 bits per heavy atom. The summed E-state index contributed by atoms with van der Waals surface area (Å²) in [5, 5.41) is 17.2. The number of nitrogens with zero attached hydrogens (tertiary/aromatic N) is 1. The molecular formula is C27H36N2O8.